The standard InChI is InChI=1S/C18H24N2O3/c1-13-5-7-16(14(2)11-13)22-12-15-6-8-17(23-15)18(21)20-10-4-3-9-19/h5-8,11H,3-4,9-10,12,19H2,1-2H3,(H,20,21). The number of hydrogen-bond acceptors (Lipinski definition) is 4. The first-order valence-electron chi connectivity index (χ1n) is 7.87. The number of unbranched alkanes of at least 4 members (excludes halogenated alkanes) is 1. The highest BCUT2D eigenvalue weighted by molar-refractivity contribution is 5.91. The first-order chi connectivity index (χ1) is 11.1. The SMILES string of the molecule is Cc1ccc(OCc2ccc(C(=O)NCCCCN)o2)c(C)c1. The summed E-state index contributed by atoms with van der Waals surface area (Å²) in [5.74, 6) is 1.54. The van der Waals surface area contributed by atoms with E-state index in [1.165, 1.54) is 5.56 Å². The van der Waals surface area contributed by atoms with Crippen LogP contribution in [0, 0.1) is 13.8 Å². The Morgan fingerprint density at radius 1 is 1.22 bits per heavy atom. The average Bonchev–Trinajstić information content (AvgIpc) is 2.99. The van der Waals surface area contributed by atoms with Crippen molar-refractivity contribution < 1.29 is 13.9 Å². The van der Waals surface area contributed by atoms with E-state index in [-0.39, 0.29) is 5.91 Å². The van der Waals surface area contributed by atoms with E-state index in [9.17, 15) is 4.79 Å². The number of amides is 1. The highest BCUT2D eigenvalue weighted by Crippen LogP contribution is 2.20. The van der Waals surface area contributed by atoms with Gasteiger partial charge in [0.05, 0.1) is 0 Å². The van der Waals surface area contributed by atoms with Gasteiger partial charge in [-0.05, 0) is 57.0 Å². The van der Waals surface area contributed by atoms with Crippen LogP contribution in [0.5, 0.6) is 5.75 Å². The second-order valence-electron chi connectivity index (χ2n) is 5.58. The second-order valence-corrected chi connectivity index (χ2v) is 5.58. The third kappa shape index (κ3) is 5.14. The molecule has 0 spiro atoms. The van der Waals surface area contributed by atoms with Crippen LogP contribution in [0.15, 0.2) is 34.7 Å². The monoisotopic (exact) mass is 316 g/mol. The van der Waals surface area contributed by atoms with Crippen LogP contribution in [0.3, 0.4) is 0 Å². The summed E-state index contributed by atoms with van der Waals surface area (Å²) in [6.45, 7) is 5.58. The second kappa shape index (κ2) is 8.39. The van der Waals surface area contributed by atoms with Crippen LogP contribution in [0.25, 0.3) is 0 Å². The minimum absolute atomic E-state index is 0.209. The van der Waals surface area contributed by atoms with Crippen molar-refractivity contribution in [1.82, 2.24) is 5.32 Å². The molecule has 0 aliphatic rings. The molecular formula is C18H24N2O3. The Bertz CT molecular complexity index is 649. The number of rotatable bonds is 8. The van der Waals surface area contributed by atoms with Gasteiger partial charge in [0.2, 0.25) is 0 Å². The van der Waals surface area contributed by atoms with Crippen LogP contribution in [0.2, 0.25) is 0 Å². The summed E-state index contributed by atoms with van der Waals surface area (Å²) in [4.78, 5) is 11.9. The fourth-order valence-corrected chi connectivity index (χ4v) is 2.25. The number of nitrogens with two attached hydrogens (primary N) is 1. The Morgan fingerprint density at radius 2 is 2.04 bits per heavy atom. The van der Waals surface area contributed by atoms with Gasteiger partial charge in [0.25, 0.3) is 5.91 Å². The summed E-state index contributed by atoms with van der Waals surface area (Å²) in [5, 5.41) is 2.81. The van der Waals surface area contributed by atoms with Crippen LogP contribution in [-0.4, -0.2) is 19.0 Å². The number of ether oxygens (including phenoxy) is 1. The van der Waals surface area contributed by atoms with E-state index in [0.717, 1.165) is 24.2 Å². The predicted octanol–water partition coefficient (Wildman–Crippen LogP) is 2.94. The first-order valence-corrected chi connectivity index (χ1v) is 7.87. The summed E-state index contributed by atoms with van der Waals surface area (Å²) in [5.41, 5.74) is 7.69. The van der Waals surface area contributed by atoms with E-state index >= 15 is 0 Å². The number of nitrogens with one attached hydrogen (secondary N) is 1. The van der Waals surface area contributed by atoms with E-state index < -0.39 is 0 Å². The van der Waals surface area contributed by atoms with Gasteiger partial charge < -0.3 is 20.2 Å². The van der Waals surface area contributed by atoms with Gasteiger partial charge in [0, 0.05) is 6.54 Å². The molecule has 2 rings (SSSR count). The van der Waals surface area contributed by atoms with Gasteiger partial charge in [-0.1, -0.05) is 17.7 Å². The van der Waals surface area contributed by atoms with Gasteiger partial charge in [-0.3, -0.25) is 4.79 Å². The predicted molar refractivity (Wildman–Crippen MR) is 89.6 cm³/mol. The Hall–Kier alpha value is -2.27. The summed E-state index contributed by atoms with van der Waals surface area (Å²) in [6, 6.07) is 9.44. The molecular weight excluding hydrogens is 292 g/mol. The van der Waals surface area contributed by atoms with Crippen LogP contribution in [0.4, 0.5) is 0 Å². The molecule has 0 saturated heterocycles. The van der Waals surface area contributed by atoms with Gasteiger partial charge in [0.1, 0.15) is 18.1 Å². The molecule has 1 aromatic heterocycles. The number of hydrogen-bond donors (Lipinski definition) is 2. The van der Waals surface area contributed by atoms with Gasteiger partial charge in [-0.15, -0.1) is 0 Å². The van der Waals surface area contributed by atoms with Crippen LogP contribution >= 0.6 is 0 Å². The van der Waals surface area contributed by atoms with E-state index in [1.807, 2.05) is 26.0 Å². The van der Waals surface area contributed by atoms with Crippen molar-refractivity contribution in [1.29, 1.82) is 0 Å². The molecule has 0 aliphatic carbocycles. The van der Waals surface area contributed by atoms with Crippen molar-refractivity contribution in [3.8, 4) is 5.75 Å². The fraction of sp³-hybridized carbons (Fsp3) is 0.389. The molecule has 23 heavy (non-hydrogen) atoms. The molecule has 124 valence electrons. The molecule has 0 aliphatic heterocycles. The smallest absolute Gasteiger partial charge is 0.286 e. The van der Waals surface area contributed by atoms with Crippen molar-refractivity contribution in [3.05, 3.63) is 53.0 Å². The van der Waals surface area contributed by atoms with E-state index in [1.54, 1.807) is 12.1 Å². The van der Waals surface area contributed by atoms with Gasteiger partial charge in [0.15, 0.2) is 5.76 Å². The lowest BCUT2D eigenvalue weighted by Crippen LogP contribution is -2.24. The molecule has 3 N–H and O–H groups in total. The lowest BCUT2D eigenvalue weighted by Gasteiger charge is -2.08. The number of furan rings is 1. The molecule has 2 aromatic rings. The van der Waals surface area contributed by atoms with Crippen LogP contribution in [-0.2, 0) is 6.61 Å². The molecule has 1 amide bonds. The quantitative estimate of drug-likeness (QED) is 0.734. The molecule has 0 unspecified atom stereocenters. The Labute approximate surface area is 136 Å². The lowest BCUT2D eigenvalue weighted by molar-refractivity contribution is 0.0921. The lowest BCUT2D eigenvalue weighted by atomic mass is 10.1. The maximum absolute atomic E-state index is 11.9. The van der Waals surface area contributed by atoms with Gasteiger partial charge in [-0.2, -0.15) is 0 Å². The molecule has 0 radical (unpaired) electrons. The summed E-state index contributed by atoms with van der Waals surface area (Å²) < 4.78 is 11.3. The van der Waals surface area contributed by atoms with E-state index in [2.05, 4.69) is 11.4 Å². The maximum atomic E-state index is 11.9. The topological polar surface area (TPSA) is 77.5 Å². The Morgan fingerprint density at radius 3 is 2.78 bits per heavy atom. The molecule has 0 atom stereocenters. The van der Waals surface area contributed by atoms with Crippen molar-refractivity contribution in [2.45, 2.75) is 33.3 Å². The largest absolute Gasteiger partial charge is 0.485 e. The number of carbonyl (C=O) groups excluding carboxylic acids is 1. The number of carbonyl (C=O) groups is 1. The van der Waals surface area contributed by atoms with Gasteiger partial charge >= 0.3 is 0 Å². The minimum atomic E-state index is -0.209. The van der Waals surface area contributed by atoms with Crippen LogP contribution < -0.4 is 15.8 Å². The highest BCUT2D eigenvalue weighted by Gasteiger charge is 2.11. The van der Waals surface area contributed by atoms with Crippen molar-refractivity contribution in [2.75, 3.05) is 13.1 Å². The molecule has 0 saturated carbocycles. The Kier molecular flexibility index (Phi) is 6.23. The highest BCUT2D eigenvalue weighted by atomic mass is 16.5. The summed E-state index contributed by atoms with van der Waals surface area (Å²) >= 11 is 0. The van der Waals surface area contributed by atoms with E-state index in [4.69, 9.17) is 14.9 Å². The molecule has 5 nitrogen and oxygen atoms in total. The zero-order valence-corrected chi connectivity index (χ0v) is 13.7. The normalized spacial score (nSPS) is 10.6. The molecule has 5 heteroatoms. The number of aryl methyl sites for hydroxylation is 2. The zero-order valence-electron chi connectivity index (χ0n) is 13.7. The molecule has 0 fully saturated rings. The average molecular weight is 316 g/mol. The molecule has 0 bridgehead atoms. The van der Waals surface area contributed by atoms with E-state index in [0.29, 0.717) is 31.2 Å². The van der Waals surface area contributed by atoms with Crippen molar-refractivity contribution >= 4 is 5.91 Å². The summed E-state index contributed by atoms with van der Waals surface area (Å²) in [7, 11) is 0. The molecule has 1 aromatic carbocycles. The summed E-state index contributed by atoms with van der Waals surface area (Å²) in [6.07, 6.45) is 1.76. The number of benzene rings is 1. The van der Waals surface area contributed by atoms with Gasteiger partial charge in [-0.25, -0.2) is 0 Å². The van der Waals surface area contributed by atoms with Crippen molar-refractivity contribution in [3.63, 3.8) is 0 Å². The zero-order chi connectivity index (χ0) is 16.7. The molecule has 1 heterocycles. The van der Waals surface area contributed by atoms with Crippen LogP contribution in [0.1, 0.15) is 40.3 Å². The van der Waals surface area contributed by atoms with Crippen molar-refractivity contribution in [2.24, 2.45) is 5.73 Å². The maximum Gasteiger partial charge on any atom is 0.286 e. The third-order valence-electron chi connectivity index (χ3n) is 3.50. The Balaban J connectivity index is 1.85. The fourth-order valence-electron chi connectivity index (χ4n) is 2.25. The minimum Gasteiger partial charge on any atom is -0.485 e. The first kappa shape index (κ1) is 17.1. The third-order valence-corrected chi connectivity index (χ3v) is 3.50.